The molecular weight excluding hydrogens is 360 g/mol. The number of fused-ring (bicyclic) bond motifs is 2. The first-order valence-corrected chi connectivity index (χ1v) is 9.59. The van der Waals surface area contributed by atoms with Crippen LogP contribution in [0.2, 0.25) is 5.02 Å². The molecule has 0 bridgehead atoms. The first-order chi connectivity index (χ1) is 13.0. The van der Waals surface area contributed by atoms with Crippen molar-refractivity contribution in [2.24, 2.45) is 0 Å². The molecule has 0 spiro atoms. The number of urea groups is 1. The summed E-state index contributed by atoms with van der Waals surface area (Å²) in [6, 6.07) is 10.2. The molecule has 1 N–H and O–H groups in total. The minimum Gasteiger partial charge on any atom is -0.320 e. The number of pyridine rings is 1. The maximum atomic E-state index is 12.2. The summed E-state index contributed by atoms with van der Waals surface area (Å²) in [5.41, 5.74) is 3.98. The fourth-order valence-corrected chi connectivity index (χ4v) is 4.49. The number of hydrogen-bond acceptors (Lipinski definition) is 3. The van der Waals surface area contributed by atoms with E-state index in [0.717, 1.165) is 45.9 Å². The molecule has 0 saturated carbocycles. The Hall–Kier alpha value is -2.58. The van der Waals surface area contributed by atoms with Crippen LogP contribution in [0.15, 0.2) is 30.5 Å². The molecule has 1 aliphatic carbocycles. The van der Waals surface area contributed by atoms with Crippen LogP contribution >= 0.6 is 11.6 Å². The highest BCUT2D eigenvalue weighted by Crippen LogP contribution is 2.48. The van der Waals surface area contributed by atoms with Gasteiger partial charge in [-0.1, -0.05) is 23.7 Å². The number of nitriles is 1. The number of amides is 2. The van der Waals surface area contributed by atoms with Gasteiger partial charge in [0.15, 0.2) is 0 Å². The Balaban J connectivity index is 1.75. The van der Waals surface area contributed by atoms with E-state index in [1.165, 1.54) is 0 Å². The van der Waals surface area contributed by atoms with Crippen molar-refractivity contribution in [2.75, 3.05) is 11.9 Å². The monoisotopic (exact) mass is 380 g/mol. The van der Waals surface area contributed by atoms with E-state index in [1.54, 1.807) is 17.2 Å². The summed E-state index contributed by atoms with van der Waals surface area (Å²) in [7, 11) is 0. The van der Waals surface area contributed by atoms with Crippen molar-refractivity contribution >= 4 is 23.3 Å². The van der Waals surface area contributed by atoms with Gasteiger partial charge in [0.2, 0.25) is 0 Å². The number of carbonyl (C=O) groups excluding carboxylic acids is 1. The Morgan fingerprint density at radius 1 is 1.44 bits per heavy atom. The number of hydrogen-bond donors (Lipinski definition) is 1. The lowest BCUT2D eigenvalue weighted by Gasteiger charge is -2.32. The molecule has 0 radical (unpaired) electrons. The quantitative estimate of drug-likeness (QED) is 0.845. The highest BCUT2D eigenvalue weighted by molar-refractivity contribution is 6.31. The molecule has 1 aliphatic heterocycles. The summed E-state index contributed by atoms with van der Waals surface area (Å²) in [5.74, 6) is -0.0271. The third-order valence-corrected chi connectivity index (χ3v) is 6.31. The first-order valence-electron chi connectivity index (χ1n) is 9.21. The molecule has 1 aromatic heterocycles. The molecule has 2 aliphatic rings. The van der Waals surface area contributed by atoms with E-state index in [1.807, 2.05) is 32.0 Å². The Labute approximate surface area is 164 Å². The standard InChI is InChI=1S/C21H21ClN4O/c1-3-26-11-13-4-5-14(10-18(13)25-20(26)27)21(2,12-23)16-7-6-15-17(22)8-9-24-19(15)16/h4-5,8-10,16H,3,6-7,11H2,1-2H3,(H,25,27)/t16?,21-/m1/s1. The molecule has 27 heavy (non-hydrogen) atoms. The predicted molar refractivity (Wildman–Crippen MR) is 105 cm³/mol. The molecule has 2 atom stereocenters. The van der Waals surface area contributed by atoms with Gasteiger partial charge < -0.3 is 10.2 Å². The summed E-state index contributed by atoms with van der Waals surface area (Å²) in [5, 5.41) is 13.8. The maximum Gasteiger partial charge on any atom is 0.322 e. The van der Waals surface area contributed by atoms with E-state index in [4.69, 9.17) is 11.6 Å². The van der Waals surface area contributed by atoms with Gasteiger partial charge in [0.25, 0.3) is 0 Å². The number of carbonyl (C=O) groups is 1. The predicted octanol–water partition coefficient (Wildman–Crippen LogP) is 4.61. The second-order valence-electron chi connectivity index (χ2n) is 7.38. The first kappa shape index (κ1) is 17.8. The van der Waals surface area contributed by atoms with Crippen LogP contribution in [-0.2, 0) is 18.4 Å². The normalized spacial score (nSPS) is 20.3. The van der Waals surface area contributed by atoms with Crippen molar-refractivity contribution in [1.29, 1.82) is 5.26 Å². The Bertz CT molecular complexity index is 967. The van der Waals surface area contributed by atoms with Gasteiger partial charge >= 0.3 is 6.03 Å². The van der Waals surface area contributed by atoms with Crippen molar-refractivity contribution in [3.05, 3.63) is 57.9 Å². The zero-order valence-electron chi connectivity index (χ0n) is 15.4. The number of rotatable bonds is 3. The van der Waals surface area contributed by atoms with Crippen LogP contribution in [0.25, 0.3) is 0 Å². The summed E-state index contributed by atoms with van der Waals surface area (Å²) in [6.07, 6.45) is 3.38. The average Bonchev–Trinajstić information content (AvgIpc) is 3.12. The van der Waals surface area contributed by atoms with E-state index in [0.29, 0.717) is 13.1 Å². The van der Waals surface area contributed by atoms with Crippen LogP contribution < -0.4 is 5.32 Å². The third-order valence-electron chi connectivity index (χ3n) is 5.96. The van der Waals surface area contributed by atoms with Crippen molar-refractivity contribution < 1.29 is 4.79 Å². The number of nitrogens with one attached hydrogen (secondary N) is 1. The number of aromatic nitrogens is 1. The number of nitrogens with zero attached hydrogens (tertiary/aromatic N) is 3. The third kappa shape index (κ3) is 2.76. The second kappa shape index (κ2) is 6.54. The van der Waals surface area contributed by atoms with E-state index < -0.39 is 5.41 Å². The molecule has 2 amide bonds. The van der Waals surface area contributed by atoms with E-state index in [2.05, 4.69) is 16.4 Å². The lowest BCUT2D eigenvalue weighted by atomic mass is 9.71. The minimum atomic E-state index is -0.745. The Morgan fingerprint density at radius 3 is 3.00 bits per heavy atom. The SMILES string of the molecule is CCN1Cc2ccc([C@@](C)(C#N)C3CCc4c(Cl)ccnc43)cc2NC1=O. The van der Waals surface area contributed by atoms with Crippen LogP contribution in [0.1, 0.15) is 48.6 Å². The topological polar surface area (TPSA) is 69.0 Å². The number of anilines is 1. The molecule has 1 unspecified atom stereocenters. The fraction of sp³-hybridized carbons (Fsp3) is 0.381. The van der Waals surface area contributed by atoms with Gasteiger partial charge in [0.05, 0.1) is 17.2 Å². The van der Waals surface area contributed by atoms with E-state index in [9.17, 15) is 10.1 Å². The summed E-state index contributed by atoms with van der Waals surface area (Å²) >= 11 is 6.34. The molecule has 138 valence electrons. The molecule has 0 fully saturated rings. The molecule has 2 aromatic rings. The average molecular weight is 381 g/mol. The van der Waals surface area contributed by atoms with Crippen LogP contribution in [0, 0.1) is 11.3 Å². The van der Waals surface area contributed by atoms with Gasteiger partial charge in [-0.05, 0) is 55.5 Å². The van der Waals surface area contributed by atoms with E-state index in [-0.39, 0.29) is 11.9 Å². The van der Waals surface area contributed by atoms with Crippen molar-refractivity contribution in [3.8, 4) is 6.07 Å². The molecule has 4 rings (SSSR count). The molecule has 1 aromatic carbocycles. The van der Waals surface area contributed by atoms with Crippen LogP contribution in [0.5, 0.6) is 0 Å². The van der Waals surface area contributed by atoms with Crippen molar-refractivity contribution in [3.63, 3.8) is 0 Å². The summed E-state index contributed by atoms with van der Waals surface area (Å²) in [6.45, 7) is 5.17. The van der Waals surface area contributed by atoms with Crippen molar-refractivity contribution in [2.45, 2.75) is 44.6 Å². The zero-order chi connectivity index (χ0) is 19.2. The van der Waals surface area contributed by atoms with Crippen molar-refractivity contribution in [1.82, 2.24) is 9.88 Å². The van der Waals surface area contributed by atoms with Gasteiger partial charge in [-0.3, -0.25) is 4.98 Å². The van der Waals surface area contributed by atoms with Crippen LogP contribution in [0.4, 0.5) is 10.5 Å². The van der Waals surface area contributed by atoms with E-state index >= 15 is 0 Å². The summed E-state index contributed by atoms with van der Waals surface area (Å²) in [4.78, 5) is 18.5. The highest BCUT2D eigenvalue weighted by atomic mass is 35.5. The van der Waals surface area contributed by atoms with Crippen LogP contribution in [-0.4, -0.2) is 22.5 Å². The Kier molecular flexibility index (Phi) is 4.32. The molecular formula is C21H21ClN4O. The number of benzene rings is 1. The molecule has 5 nitrogen and oxygen atoms in total. The van der Waals surface area contributed by atoms with Gasteiger partial charge in [-0.25, -0.2) is 4.79 Å². The second-order valence-corrected chi connectivity index (χ2v) is 7.79. The van der Waals surface area contributed by atoms with Gasteiger partial charge in [0, 0.05) is 35.9 Å². The summed E-state index contributed by atoms with van der Waals surface area (Å²) < 4.78 is 0. The smallest absolute Gasteiger partial charge is 0.320 e. The fourth-order valence-electron chi connectivity index (χ4n) is 4.24. The van der Waals surface area contributed by atoms with Crippen LogP contribution in [0.3, 0.4) is 0 Å². The molecule has 2 heterocycles. The molecule has 0 saturated heterocycles. The van der Waals surface area contributed by atoms with Gasteiger partial charge in [-0.15, -0.1) is 0 Å². The zero-order valence-corrected chi connectivity index (χ0v) is 16.2. The molecule has 6 heteroatoms. The number of halogens is 1. The minimum absolute atomic E-state index is 0.0271. The largest absolute Gasteiger partial charge is 0.322 e. The lowest BCUT2D eigenvalue weighted by Crippen LogP contribution is -2.38. The Morgan fingerprint density at radius 2 is 2.26 bits per heavy atom. The maximum absolute atomic E-state index is 12.2. The lowest BCUT2D eigenvalue weighted by molar-refractivity contribution is 0.210. The van der Waals surface area contributed by atoms with Gasteiger partial charge in [0.1, 0.15) is 0 Å². The van der Waals surface area contributed by atoms with Gasteiger partial charge in [-0.2, -0.15) is 5.26 Å². The highest BCUT2D eigenvalue weighted by Gasteiger charge is 2.43.